The molecule has 118 valence electrons. The number of hydrogen-bond acceptors (Lipinski definition) is 4. The molecule has 0 aromatic rings. The first kappa shape index (κ1) is 17.7. The fraction of sp³-hybridized carbons (Fsp3) is 0.929. The van der Waals surface area contributed by atoms with Gasteiger partial charge in [0.25, 0.3) is 0 Å². The van der Waals surface area contributed by atoms with Crippen LogP contribution in [0.3, 0.4) is 0 Å². The van der Waals surface area contributed by atoms with Gasteiger partial charge in [-0.1, -0.05) is 12.8 Å². The topological polar surface area (TPSA) is 73.6 Å². The number of halogens is 1. The van der Waals surface area contributed by atoms with Crippen molar-refractivity contribution in [2.45, 2.75) is 56.6 Å². The molecule has 1 aliphatic carbocycles. The lowest BCUT2D eigenvalue weighted by molar-refractivity contribution is -0.126. The van der Waals surface area contributed by atoms with E-state index in [9.17, 15) is 4.79 Å². The van der Waals surface area contributed by atoms with Crippen molar-refractivity contribution in [2.24, 2.45) is 5.73 Å². The normalized spacial score (nSPS) is 24.4. The molecule has 0 aromatic carbocycles. The summed E-state index contributed by atoms with van der Waals surface area (Å²) in [6, 6.07) is 0. The summed E-state index contributed by atoms with van der Waals surface area (Å²) in [5, 5.41) is 2.92. The molecule has 6 heteroatoms. The van der Waals surface area contributed by atoms with Crippen molar-refractivity contribution in [3.05, 3.63) is 0 Å². The minimum Gasteiger partial charge on any atom is -0.379 e. The van der Waals surface area contributed by atoms with Gasteiger partial charge in [-0.05, 0) is 32.1 Å². The molecule has 1 unspecified atom stereocenters. The second kappa shape index (κ2) is 8.82. The molecule has 1 amide bonds. The van der Waals surface area contributed by atoms with Crippen LogP contribution < -0.4 is 11.1 Å². The molecule has 1 saturated heterocycles. The van der Waals surface area contributed by atoms with Gasteiger partial charge in [-0.3, -0.25) is 4.79 Å². The summed E-state index contributed by atoms with van der Waals surface area (Å²) in [6.45, 7) is 2.85. The zero-order valence-electron chi connectivity index (χ0n) is 12.1. The van der Waals surface area contributed by atoms with Crippen LogP contribution >= 0.6 is 12.4 Å². The van der Waals surface area contributed by atoms with E-state index in [1.165, 1.54) is 0 Å². The first-order valence-corrected chi connectivity index (χ1v) is 7.47. The second-order valence-electron chi connectivity index (χ2n) is 5.68. The smallest absolute Gasteiger partial charge is 0.240 e. The third kappa shape index (κ3) is 5.20. The van der Waals surface area contributed by atoms with Crippen LogP contribution in [0, 0.1) is 0 Å². The van der Waals surface area contributed by atoms with Gasteiger partial charge in [0.2, 0.25) is 5.91 Å². The molecule has 0 spiro atoms. The number of carbonyl (C=O) groups excluding carboxylic acids is 1. The van der Waals surface area contributed by atoms with E-state index in [0.29, 0.717) is 19.8 Å². The third-order valence-corrected chi connectivity index (χ3v) is 4.03. The van der Waals surface area contributed by atoms with Gasteiger partial charge in [0.15, 0.2) is 0 Å². The van der Waals surface area contributed by atoms with E-state index in [4.69, 9.17) is 15.2 Å². The molecule has 1 heterocycles. The Bertz CT molecular complexity index is 290. The predicted octanol–water partition coefficient (Wildman–Crippen LogP) is 1.38. The van der Waals surface area contributed by atoms with Crippen molar-refractivity contribution >= 4 is 18.3 Å². The molecule has 1 atom stereocenters. The van der Waals surface area contributed by atoms with Crippen LogP contribution in [0.25, 0.3) is 0 Å². The molecule has 3 N–H and O–H groups in total. The van der Waals surface area contributed by atoms with E-state index >= 15 is 0 Å². The van der Waals surface area contributed by atoms with Crippen molar-refractivity contribution in [1.29, 1.82) is 0 Å². The average molecular weight is 307 g/mol. The van der Waals surface area contributed by atoms with Gasteiger partial charge in [-0.2, -0.15) is 0 Å². The van der Waals surface area contributed by atoms with Gasteiger partial charge < -0.3 is 20.5 Å². The summed E-state index contributed by atoms with van der Waals surface area (Å²) in [6.07, 6.45) is 7.11. The Hall–Kier alpha value is -0.360. The fourth-order valence-electron chi connectivity index (χ4n) is 2.78. The van der Waals surface area contributed by atoms with Crippen LogP contribution in [0.5, 0.6) is 0 Å². The number of amides is 1. The van der Waals surface area contributed by atoms with E-state index in [1.807, 2.05) is 0 Å². The largest absolute Gasteiger partial charge is 0.379 e. The Balaban J connectivity index is 0.00000200. The maximum Gasteiger partial charge on any atom is 0.240 e. The maximum absolute atomic E-state index is 11.9. The lowest BCUT2D eigenvalue weighted by Gasteiger charge is -2.22. The first-order chi connectivity index (χ1) is 9.21. The molecule has 1 aliphatic heterocycles. The minimum absolute atomic E-state index is 0. The van der Waals surface area contributed by atoms with E-state index in [2.05, 4.69) is 5.32 Å². The molecule has 0 aromatic heterocycles. The summed E-state index contributed by atoms with van der Waals surface area (Å²) >= 11 is 0. The highest BCUT2D eigenvalue weighted by molar-refractivity contribution is 5.86. The number of nitrogens with two attached hydrogens (primary N) is 1. The van der Waals surface area contributed by atoms with E-state index in [1.54, 1.807) is 0 Å². The lowest BCUT2D eigenvalue weighted by Crippen LogP contribution is -2.52. The first-order valence-electron chi connectivity index (χ1n) is 7.47. The minimum atomic E-state index is -0.613. The Morgan fingerprint density at radius 3 is 2.75 bits per heavy atom. The van der Waals surface area contributed by atoms with Crippen molar-refractivity contribution in [3.63, 3.8) is 0 Å². The van der Waals surface area contributed by atoms with Crippen LogP contribution in [0.15, 0.2) is 0 Å². The number of ether oxygens (including phenoxy) is 2. The van der Waals surface area contributed by atoms with Crippen molar-refractivity contribution in [2.75, 3.05) is 26.4 Å². The zero-order valence-corrected chi connectivity index (χ0v) is 12.9. The van der Waals surface area contributed by atoms with Crippen molar-refractivity contribution < 1.29 is 14.3 Å². The highest BCUT2D eigenvalue weighted by Gasteiger charge is 2.36. The Morgan fingerprint density at radius 2 is 2.10 bits per heavy atom. The molecule has 20 heavy (non-hydrogen) atoms. The molecular formula is C14H27ClN2O3. The van der Waals surface area contributed by atoms with E-state index in [-0.39, 0.29) is 24.4 Å². The van der Waals surface area contributed by atoms with Crippen LogP contribution in [0.4, 0.5) is 0 Å². The molecular weight excluding hydrogens is 280 g/mol. The van der Waals surface area contributed by atoms with Crippen LogP contribution in [-0.4, -0.2) is 43.9 Å². The SMILES string of the molecule is Cl.NC1(C(=O)NCCCOCC2CCCO2)CCCC1. The van der Waals surface area contributed by atoms with E-state index in [0.717, 1.165) is 51.6 Å². The van der Waals surface area contributed by atoms with Crippen LogP contribution in [0.2, 0.25) is 0 Å². The standard InChI is InChI=1S/C14H26N2O3.ClH/c15-14(6-1-2-7-14)13(17)16-8-4-9-18-11-12-5-3-10-19-12;/h12H,1-11,15H2,(H,16,17);1H. The highest BCUT2D eigenvalue weighted by atomic mass is 35.5. The van der Waals surface area contributed by atoms with Crippen molar-refractivity contribution in [1.82, 2.24) is 5.32 Å². The Morgan fingerprint density at radius 1 is 1.35 bits per heavy atom. The molecule has 5 nitrogen and oxygen atoms in total. The Labute approximate surface area is 127 Å². The third-order valence-electron chi connectivity index (χ3n) is 4.03. The average Bonchev–Trinajstić information content (AvgIpc) is 3.05. The van der Waals surface area contributed by atoms with Crippen LogP contribution in [0.1, 0.15) is 44.9 Å². The lowest BCUT2D eigenvalue weighted by atomic mass is 9.98. The summed E-state index contributed by atoms with van der Waals surface area (Å²) in [4.78, 5) is 11.9. The predicted molar refractivity (Wildman–Crippen MR) is 80.1 cm³/mol. The summed E-state index contributed by atoms with van der Waals surface area (Å²) < 4.78 is 11.0. The summed E-state index contributed by atoms with van der Waals surface area (Å²) in [5.41, 5.74) is 5.45. The van der Waals surface area contributed by atoms with Gasteiger partial charge in [0.05, 0.1) is 18.2 Å². The van der Waals surface area contributed by atoms with Gasteiger partial charge in [-0.25, -0.2) is 0 Å². The number of hydrogen-bond donors (Lipinski definition) is 2. The Kier molecular flexibility index (Phi) is 7.80. The molecule has 2 aliphatic rings. The van der Waals surface area contributed by atoms with Crippen molar-refractivity contribution in [3.8, 4) is 0 Å². The number of nitrogens with one attached hydrogen (secondary N) is 1. The monoisotopic (exact) mass is 306 g/mol. The van der Waals surface area contributed by atoms with Gasteiger partial charge >= 0.3 is 0 Å². The van der Waals surface area contributed by atoms with Gasteiger partial charge in [0, 0.05) is 19.8 Å². The molecule has 1 saturated carbocycles. The number of carbonyl (C=O) groups is 1. The molecule has 0 radical (unpaired) electrons. The maximum atomic E-state index is 11.9. The van der Waals surface area contributed by atoms with Gasteiger partial charge in [-0.15, -0.1) is 12.4 Å². The molecule has 0 bridgehead atoms. The summed E-state index contributed by atoms with van der Waals surface area (Å²) in [7, 11) is 0. The molecule has 2 rings (SSSR count). The fourth-order valence-corrected chi connectivity index (χ4v) is 2.78. The van der Waals surface area contributed by atoms with Gasteiger partial charge in [0.1, 0.15) is 0 Å². The highest BCUT2D eigenvalue weighted by Crippen LogP contribution is 2.27. The summed E-state index contributed by atoms with van der Waals surface area (Å²) in [5.74, 6) is 0.00382. The second-order valence-corrected chi connectivity index (χ2v) is 5.68. The van der Waals surface area contributed by atoms with E-state index < -0.39 is 5.54 Å². The zero-order chi connectivity index (χ0) is 13.6. The quantitative estimate of drug-likeness (QED) is 0.697. The molecule has 2 fully saturated rings. The number of rotatable bonds is 7. The van der Waals surface area contributed by atoms with Crippen LogP contribution in [-0.2, 0) is 14.3 Å².